The Kier molecular flexibility index (Phi) is 4.87. The zero-order valence-electron chi connectivity index (χ0n) is 13.7. The Morgan fingerprint density at radius 2 is 1.92 bits per heavy atom. The van der Waals surface area contributed by atoms with Gasteiger partial charge in [0.05, 0.1) is 12.1 Å². The normalized spacial score (nSPS) is 11.2. The third-order valence-corrected chi connectivity index (χ3v) is 4.42. The fraction of sp³-hybridized carbons (Fsp3) is 0.235. The van der Waals surface area contributed by atoms with E-state index in [9.17, 15) is 10.2 Å². The summed E-state index contributed by atoms with van der Waals surface area (Å²) in [6.07, 6.45) is 1.66. The number of phenols is 2. The molecule has 0 atom stereocenters. The molecule has 0 saturated heterocycles. The number of pyridine rings is 1. The Balaban J connectivity index is 2.07. The maximum atomic E-state index is 10.3. The number of nitrogens with zero attached hydrogens (tertiary/aromatic N) is 4. The van der Waals surface area contributed by atoms with Gasteiger partial charge in [0.1, 0.15) is 16.7 Å². The summed E-state index contributed by atoms with van der Waals surface area (Å²) in [6.45, 7) is 4.34. The van der Waals surface area contributed by atoms with Crippen molar-refractivity contribution in [1.29, 1.82) is 0 Å². The van der Waals surface area contributed by atoms with E-state index in [2.05, 4.69) is 27.8 Å². The van der Waals surface area contributed by atoms with Crippen molar-refractivity contribution in [1.82, 2.24) is 19.7 Å². The maximum Gasteiger partial charge on any atom is 0.188 e. The number of rotatable bonds is 4. The quantitative estimate of drug-likeness (QED) is 0.475. The van der Waals surface area contributed by atoms with Gasteiger partial charge in [-0.25, -0.2) is 4.98 Å². The molecule has 8 heteroatoms. The summed E-state index contributed by atoms with van der Waals surface area (Å²) in [4.78, 5) is 4.06. The smallest absolute Gasteiger partial charge is 0.188 e. The zero-order valence-corrected chi connectivity index (χ0v) is 15.3. The van der Waals surface area contributed by atoms with Crippen molar-refractivity contribution in [2.24, 2.45) is 0 Å². The van der Waals surface area contributed by atoms with Crippen LogP contribution in [0.25, 0.3) is 11.4 Å². The molecule has 0 radical (unpaired) electrons. The number of phenolic OH excluding ortho intramolecular Hbond substituents is 2. The second-order valence-electron chi connectivity index (χ2n) is 5.98. The number of aromatic hydroxyl groups is 2. The molecule has 0 fully saturated rings. The highest BCUT2D eigenvalue weighted by atomic mass is 35.5. The lowest BCUT2D eigenvalue weighted by Gasteiger charge is -2.14. The predicted octanol–water partition coefficient (Wildman–Crippen LogP) is 3.87. The topological polar surface area (TPSA) is 84.1 Å². The highest BCUT2D eigenvalue weighted by Gasteiger charge is 2.19. The minimum atomic E-state index is -0.0712. The first-order chi connectivity index (χ1) is 11.9. The minimum Gasteiger partial charge on any atom is -0.508 e. The van der Waals surface area contributed by atoms with E-state index in [0.717, 1.165) is 11.1 Å². The van der Waals surface area contributed by atoms with Crippen molar-refractivity contribution in [2.75, 3.05) is 0 Å². The molecule has 2 N–H and O–H groups in total. The molecule has 3 aromatic rings. The van der Waals surface area contributed by atoms with Crippen LogP contribution < -0.4 is 0 Å². The molecule has 6 nitrogen and oxygen atoms in total. The van der Waals surface area contributed by atoms with E-state index in [0.29, 0.717) is 28.2 Å². The summed E-state index contributed by atoms with van der Waals surface area (Å²) in [5.74, 6) is 0.527. The van der Waals surface area contributed by atoms with Gasteiger partial charge in [0.25, 0.3) is 0 Å². The highest BCUT2D eigenvalue weighted by Crippen LogP contribution is 2.37. The maximum absolute atomic E-state index is 10.3. The van der Waals surface area contributed by atoms with E-state index >= 15 is 0 Å². The lowest BCUT2D eigenvalue weighted by Crippen LogP contribution is -2.04. The van der Waals surface area contributed by atoms with Crippen molar-refractivity contribution < 1.29 is 10.2 Å². The lowest BCUT2D eigenvalue weighted by atomic mass is 9.98. The van der Waals surface area contributed by atoms with E-state index in [4.69, 9.17) is 11.6 Å². The van der Waals surface area contributed by atoms with Crippen LogP contribution in [-0.4, -0.2) is 30.0 Å². The lowest BCUT2D eigenvalue weighted by molar-refractivity contribution is 0.444. The van der Waals surface area contributed by atoms with Gasteiger partial charge in [-0.3, -0.25) is 4.57 Å². The van der Waals surface area contributed by atoms with Crippen LogP contribution in [0.4, 0.5) is 0 Å². The average molecular weight is 377 g/mol. The van der Waals surface area contributed by atoms with Gasteiger partial charge in [-0.2, -0.15) is 0 Å². The van der Waals surface area contributed by atoms with E-state index in [1.807, 2.05) is 19.9 Å². The van der Waals surface area contributed by atoms with Gasteiger partial charge >= 0.3 is 0 Å². The summed E-state index contributed by atoms with van der Waals surface area (Å²) in [6, 6.07) is 6.60. The van der Waals surface area contributed by atoms with Crippen molar-refractivity contribution in [2.45, 2.75) is 31.5 Å². The predicted molar refractivity (Wildman–Crippen MR) is 98.5 cm³/mol. The van der Waals surface area contributed by atoms with Crippen LogP contribution in [0.5, 0.6) is 11.5 Å². The van der Waals surface area contributed by atoms with Crippen molar-refractivity contribution in [3.8, 4) is 22.9 Å². The Morgan fingerprint density at radius 3 is 2.56 bits per heavy atom. The molecule has 0 saturated carbocycles. The molecule has 0 aliphatic rings. The molecule has 0 aliphatic heterocycles. The fourth-order valence-electron chi connectivity index (χ4n) is 2.56. The molecule has 2 aromatic heterocycles. The Morgan fingerprint density at radius 1 is 1.16 bits per heavy atom. The first kappa shape index (κ1) is 17.6. The van der Waals surface area contributed by atoms with E-state index in [-0.39, 0.29) is 17.4 Å². The number of aromatic nitrogens is 4. The number of benzene rings is 1. The Labute approximate surface area is 155 Å². The second kappa shape index (κ2) is 6.93. The van der Waals surface area contributed by atoms with Gasteiger partial charge in [-0.05, 0) is 29.2 Å². The number of thiol groups is 1. The molecular weight excluding hydrogens is 360 g/mol. The molecule has 25 heavy (non-hydrogen) atoms. The van der Waals surface area contributed by atoms with Crippen LogP contribution in [0.15, 0.2) is 35.6 Å². The largest absolute Gasteiger partial charge is 0.508 e. The Bertz CT molecular complexity index is 910. The van der Waals surface area contributed by atoms with Crippen molar-refractivity contribution >= 4 is 24.2 Å². The number of hydrogen-bond acceptors (Lipinski definition) is 6. The summed E-state index contributed by atoms with van der Waals surface area (Å²) in [5.41, 5.74) is 2.09. The first-order valence-electron chi connectivity index (χ1n) is 7.65. The van der Waals surface area contributed by atoms with E-state index < -0.39 is 0 Å². The third-order valence-electron chi connectivity index (χ3n) is 3.87. The summed E-state index contributed by atoms with van der Waals surface area (Å²) >= 11 is 10.2. The van der Waals surface area contributed by atoms with Crippen LogP contribution in [0.2, 0.25) is 5.15 Å². The molecule has 0 aliphatic carbocycles. The SMILES string of the molecule is CC(C)c1cc(-c2nnc(S)n2Cc2ccc(Cl)nc2)c(O)cc1O. The average Bonchev–Trinajstić information content (AvgIpc) is 2.90. The number of hydrogen-bond donors (Lipinski definition) is 3. The molecule has 0 bridgehead atoms. The summed E-state index contributed by atoms with van der Waals surface area (Å²) in [5, 5.41) is 29.3. The first-order valence-corrected chi connectivity index (χ1v) is 8.48. The van der Waals surface area contributed by atoms with Crippen molar-refractivity contribution in [3.63, 3.8) is 0 Å². The molecule has 0 amide bonds. The van der Waals surface area contributed by atoms with E-state index in [1.165, 1.54) is 6.07 Å². The third kappa shape index (κ3) is 3.57. The number of halogens is 1. The van der Waals surface area contributed by atoms with Crippen LogP contribution in [0, 0.1) is 0 Å². The van der Waals surface area contributed by atoms with Gasteiger partial charge in [0, 0.05) is 12.3 Å². The molecule has 130 valence electrons. The second-order valence-corrected chi connectivity index (χ2v) is 6.77. The van der Waals surface area contributed by atoms with Gasteiger partial charge in [-0.1, -0.05) is 31.5 Å². The van der Waals surface area contributed by atoms with Gasteiger partial charge in [0.2, 0.25) is 0 Å². The van der Waals surface area contributed by atoms with Crippen LogP contribution >= 0.6 is 24.2 Å². The minimum absolute atomic E-state index is 0.0512. The van der Waals surface area contributed by atoms with Gasteiger partial charge < -0.3 is 10.2 Å². The summed E-state index contributed by atoms with van der Waals surface area (Å²) in [7, 11) is 0. The molecule has 0 unspecified atom stereocenters. The van der Waals surface area contributed by atoms with Gasteiger partial charge in [0.15, 0.2) is 11.0 Å². The highest BCUT2D eigenvalue weighted by molar-refractivity contribution is 7.80. The van der Waals surface area contributed by atoms with Crippen LogP contribution in [0.1, 0.15) is 30.9 Å². The molecule has 2 heterocycles. The van der Waals surface area contributed by atoms with Crippen LogP contribution in [0.3, 0.4) is 0 Å². The fourth-order valence-corrected chi connectivity index (χ4v) is 2.88. The van der Waals surface area contributed by atoms with Crippen LogP contribution in [-0.2, 0) is 6.54 Å². The van der Waals surface area contributed by atoms with Crippen molar-refractivity contribution in [3.05, 3.63) is 46.7 Å². The monoisotopic (exact) mass is 376 g/mol. The molecule has 0 spiro atoms. The standard InChI is InChI=1S/C17H17ClN4O2S/c1-9(2)11-5-12(14(24)6-13(11)23)16-20-21-17(25)22(16)8-10-3-4-15(18)19-7-10/h3-7,9,23-24H,8H2,1-2H3,(H,21,25). The molecule has 1 aromatic carbocycles. The molecule has 3 rings (SSSR count). The molecular formula is C17H17ClN4O2S. The Hall–Kier alpha value is -2.25. The van der Waals surface area contributed by atoms with E-state index in [1.54, 1.807) is 22.9 Å². The zero-order chi connectivity index (χ0) is 18.1. The van der Waals surface area contributed by atoms with Gasteiger partial charge in [-0.15, -0.1) is 22.8 Å². The summed E-state index contributed by atoms with van der Waals surface area (Å²) < 4.78 is 1.75.